The number of aryl methyl sites for hydroxylation is 1. The van der Waals surface area contributed by atoms with Crippen molar-refractivity contribution >= 4 is 22.8 Å². The van der Waals surface area contributed by atoms with Crippen LogP contribution in [-0.4, -0.2) is 39.1 Å². The standard InChI is InChI=1S/C15H21ClN4/c1-10-4-6-17-15-14(10)18-13(9-16)20(15)12-5-7-19(3)11(2)8-12/h4,6,11-12H,5,7-9H2,1-3H3. The van der Waals surface area contributed by atoms with Gasteiger partial charge in [0.15, 0.2) is 5.65 Å². The Kier molecular flexibility index (Phi) is 3.69. The van der Waals surface area contributed by atoms with E-state index in [-0.39, 0.29) is 0 Å². The molecule has 1 aliphatic heterocycles. The van der Waals surface area contributed by atoms with E-state index in [1.807, 2.05) is 12.3 Å². The number of fused-ring (bicyclic) bond motifs is 1. The van der Waals surface area contributed by atoms with Gasteiger partial charge in [-0.3, -0.25) is 0 Å². The summed E-state index contributed by atoms with van der Waals surface area (Å²) in [4.78, 5) is 11.7. The highest BCUT2D eigenvalue weighted by Gasteiger charge is 2.27. The maximum Gasteiger partial charge on any atom is 0.160 e. The number of rotatable bonds is 2. The van der Waals surface area contributed by atoms with Gasteiger partial charge in [-0.15, -0.1) is 11.6 Å². The first kappa shape index (κ1) is 13.8. The van der Waals surface area contributed by atoms with Gasteiger partial charge in [0, 0.05) is 24.8 Å². The number of alkyl halides is 1. The average Bonchev–Trinajstić information content (AvgIpc) is 2.82. The number of halogens is 1. The van der Waals surface area contributed by atoms with E-state index in [0.717, 1.165) is 36.4 Å². The van der Waals surface area contributed by atoms with Crippen LogP contribution in [0, 0.1) is 6.92 Å². The third kappa shape index (κ3) is 2.21. The van der Waals surface area contributed by atoms with Crippen molar-refractivity contribution in [2.45, 2.75) is 44.7 Å². The molecule has 4 nitrogen and oxygen atoms in total. The lowest BCUT2D eigenvalue weighted by Crippen LogP contribution is -2.38. The van der Waals surface area contributed by atoms with Gasteiger partial charge in [0.25, 0.3) is 0 Å². The Morgan fingerprint density at radius 2 is 2.25 bits per heavy atom. The predicted octanol–water partition coefficient (Wildman–Crippen LogP) is 3.13. The lowest BCUT2D eigenvalue weighted by Gasteiger charge is -2.36. The highest BCUT2D eigenvalue weighted by molar-refractivity contribution is 6.16. The van der Waals surface area contributed by atoms with Gasteiger partial charge in [-0.25, -0.2) is 9.97 Å². The number of hydrogen-bond donors (Lipinski definition) is 0. The molecule has 0 N–H and O–H groups in total. The Bertz CT molecular complexity index is 622. The average molecular weight is 293 g/mol. The van der Waals surface area contributed by atoms with Crippen LogP contribution in [0.5, 0.6) is 0 Å². The first-order chi connectivity index (χ1) is 9.61. The zero-order valence-electron chi connectivity index (χ0n) is 12.3. The van der Waals surface area contributed by atoms with E-state index >= 15 is 0 Å². The molecule has 3 rings (SSSR count). The number of aromatic nitrogens is 3. The molecular formula is C15H21ClN4. The van der Waals surface area contributed by atoms with Crippen molar-refractivity contribution in [1.82, 2.24) is 19.4 Å². The Morgan fingerprint density at radius 3 is 2.95 bits per heavy atom. The normalized spacial score (nSPS) is 24.4. The molecule has 108 valence electrons. The summed E-state index contributed by atoms with van der Waals surface area (Å²) in [5, 5.41) is 0. The third-order valence-corrected chi connectivity index (χ3v) is 4.76. The van der Waals surface area contributed by atoms with Gasteiger partial charge in [0.2, 0.25) is 0 Å². The van der Waals surface area contributed by atoms with E-state index < -0.39 is 0 Å². The molecule has 0 aliphatic carbocycles. The van der Waals surface area contributed by atoms with Crippen LogP contribution in [0.25, 0.3) is 11.2 Å². The molecule has 2 aromatic heterocycles. The Morgan fingerprint density at radius 1 is 1.45 bits per heavy atom. The molecule has 1 aliphatic rings. The molecule has 1 fully saturated rings. The molecule has 0 saturated carbocycles. The van der Waals surface area contributed by atoms with Crippen molar-refractivity contribution in [1.29, 1.82) is 0 Å². The van der Waals surface area contributed by atoms with Crippen LogP contribution < -0.4 is 0 Å². The monoisotopic (exact) mass is 292 g/mol. The number of hydrogen-bond acceptors (Lipinski definition) is 3. The Balaban J connectivity index is 2.08. The van der Waals surface area contributed by atoms with Crippen LogP contribution >= 0.6 is 11.6 Å². The van der Waals surface area contributed by atoms with Crippen LogP contribution in [0.4, 0.5) is 0 Å². The lowest BCUT2D eigenvalue weighted by atomic mass is 9.98. The van der Waals surface area contributed by atoms with E-state index in [1.165, 1.54) is 5.56 Å². The molecule has 2 aromatic rings. The minimum absolute atomic E-state index is 0.441. The summed E-state index contributed by atoms with van der Waals surface area (Å²) in [5.41, 5.74) is 3.15. The minimum atomic E-state index is 0.441. The molecule has 5 heteroatoms. The van der Waals surface area contributed by atoms with E-state index in [2.05, 4.69) is 35.3 Å². The minimum Gasteiger partial charge on any atom is -0.308 e. The molecule has 2 unspecified atom stereocenters. The fourth-order valence-corrected chi connectivity index (χ4v) is 3.32. The van der Waals surface area contributed by atoms with Gasteiger partial charge in [-0.2, -0.15) is 0 Å². The molecule has 0 aromatic carbocycles. The predicted molar refractivity (Wildman–Crippen MR) is 82.2 cm³/mol. The second kappa shape index (κ2) is 5.34. The Hall–Kier alpha value is -1.13. The molecule has 2 atom stereocenters. The summed E-state index contributed by atoms with van der Waals surface area (Å²) in [6, 6.07) is 3.04. The quantitative estimate of drug-likeness (QED) is 0.798. The summed E-state index contributed by atoms with van der Waals surface area (Å²) in [6.45, 7) is 5.47. The highest BCUT2D eigenvalue weighted by Crippen LogP contribution is 2.31. The largest absolute Gasteiger partial charge is 0.308 e. The van der Waals surface area contributed by atoms with Crippen LogP contribution in [0.3, 0.4) is 0 Å². The fourth-order valence-electron chi connectivity index (χ4n) is 3.13. The number of likely N-dealkylation sites (tertiary alicyclic amines) is 1. The molecule has 0 radical (unpaired) electrons. The lowest BCUT2D eigenvalue weighted by molar-refractivity contribution is 0.157. The Labute approximate surface area is 124 Å². The summed E-state index contributed by atoms with van der Waals surface area (Å²) >= 11 is 6.12. The SMILES string of the molecule is Cc1ccnc2c1nc(CCl)n2C1CCN(C)C(C)C1. The first-order valence-corrected chi connectivity index (χ1v) is 7.74. The first-order valence-electron chi connectivity index (χ1n) is 7.20. The number of pyridine rings is 1. The maximum atomic E-state index is 6.12. The van der Waals surface area contributed by atoms with Gasteiger partial charge >= 0.3 is 0 Å². The van der Waals surface area contributed by atoms with Crippen molar-refractivity contribution in [2.75, 3.05) is 13.6 Å². The van der Waals surface area contributed by atoms with E-state index in [9.17, 15) is 0 Å². The van der Waals surface area contributed by atoms with E-state index in [1.54, 1.807) is 0 Å². The van der Waals surface area contributed by atoms with E-state index in [0.29, 0.717) is 18.0 Å². The van der Waals surface area contributed by atoms with Crippen molar-refractivity contribution in [2.24, 2.45) is 0 Å². The summed E-state index contributed by atoms with van der Waals surface area (Å²) in [7, 11) is 2.19. The molecular weight excluding hydrogens is 272 g/mol. The molecule has 3 heterocycles. The zero-order chi connectivity index (χ0) is 14.3. The number of nitrogens with zero attached hydrogens (tertiary/aromatic N) is 4. The summed E-state index contributed by atoms with van der Waals surface area (Å²) in [6.07, 6.45) is 4.12. The number of imidazole rings is 1. The second-order valence-electron chi connectivity index (χ2n) is 5.84. The third-order valence-electron chi connectivity index (χ3n) is 4.52. The smallest absolute Gasteiger partial charge is 0.160 e. The molecule has 0 amide bonds. The second-order valence-corrected chi connectivity index (χ2v) is 6.11. The van der Waals surface area contributed by atoms with Crippen molar-refractivity contribution in [3.63, 3.8) is 0 Å². The van der Waals surface area contributed by atoms with Crippen molar-refractivity contribution in [3.8, 4) is 0 Å². The maximum absolute atomic E-state index is 6.12. The topological polar surface area (TPSA) is 34.0 Å². The number of piperidine rings is 1. The molecule has 1 saturated heterocycles. The van der Waals surface area contributed by atoms with Crippen molar-refractivity contribution < 1.29 is 0 Å². The molecule has 0 spiro atoms. The molecule has 20 heavy (non-hydrogen) atoms. The van der Waals surface area contributed by atoms with Gasteiger partial charge < -0.3 is 9.47 Å². The van der Waals surface area contributed by atoms with Gasteiger partial charge in [-0.05, 0) is 45.4 Å². The van der Waals surface area contributed by atoms with Gasteiger partial charge in [0.05, 0.1) is 5.88 Å². The van der Waals surface area contributed by atoms with E-state index in [4.69, 9.17) is 16.6 Å². The summed E-state index contributed by atoms with van der Waals surface area (Å²) < 4.78 is 2.28. The van der Waals surface area contributed by atoms with Crippen LogP contribution in [0.15, 0.2) is 12.3 Å². The molecule has 0 bridgehead atoms. The van der Waals surface area contributed by atoms with Gasteiger partial charge in [0.1, 0.15) is 11.3 Å². The fraction of sp³-hybridized carbons (Fsp3) is 0.600. The highest BCUT2D eigenvalue weighted by atomic mass is 35.5. The van der Waals surface area contributed by atoms with Gasteiger partial charge in [-0.1, -0.05) is 0 Å². The van der Waals surface area contributed by atoms with Crippen LogP contribution in [0.2, 0.25) is 0 Å². The van der Waals surface area contributed by atoms with Crippen molar-refractivity contribution in [3.05, 3.63) is 23.7 Å². The van der Waals surface area contributed by atoms with Crippen LogP contribution in [0.1, 0.15) is 37.2 Å². The van der Waals surface area contributed by atoms with Crippen LogP contribution in [-0.2, 0) is 5.88 Å². The zero-order valence-corrected chi connectivity index (χ0v) is 13.1. The summed E-state index contributed by atoms with van der Waals surface area (Å²) in [5.74, 6) is 1.39.